The molecule has 8 heteroatoms. The van der Waals surface area contributed by atoms with Gasteiger partial charge in [-0.25, -0.2) is 9.36 Å². The van der Waals surface area contributed by atoms with Crippen molar-refractivity contribution >= 4 is 22.5 Å². The van der Waals surface area contributed by atoms with E-state index in [1.807, 2.05) is 25.1 Å². The van der Waals surface area contributed by atoms with Crippen LogP contribution in [-0.2, 0) is 6.42 Å². The van der Waals surface area contributed by atoms with Crippen LogP contribution in [0.25, 0.3) is 16.6 Å². The number of nitrogens with one attached hydrogen (secondary N) is 2. The van der Waals surface area contributed by atoms with Crippen molar-refractivity contribution in [3.05, 3.63) is 91.2 Å². The third kappa shape index (κ3) is 3.08. The van der Waals surface area contributed by atoms with Crippen LogP contribution in [0.1, 0.15) is 29.8 Å². The fourth-order valence-electron chi connectivity index (χ4n) is 4.57. The van der Waals surface area contributed by atoms with Crippen LogP contribution in [0.4, 0.5) is 0 Å². The highest BCUT2D eigenvalue weighted by Crippen LogP contribution is 2.39. The number of likely N-dealkylation sites (N-methyl/N-ethyl adjacent to an activating group) is 1. The number of nitrogens with zero attached hydrogens (tertiary/aromatic N) is 2. The van der Waals surface area contributed by atoms with Gasteiger partial charge in [0.25, 0.3) is 5.56 Å². The smallest absolute Gasteiger partial charge is 0.335 e. The Morgan fingerprint density at radius 3 is 2.58 bits per heavy atom. The summed E-state index contributed by atoms with van der Waals surface area (Å²) in [5, 5.41) is 12.8. The number of aromatic nitrogens is 3. The molecule has 1 aliphatic heterocycles. The molecule has 31 heavy (non-hydrogen) atoms. The largest absolute Gasteiger partial charge is 0.494 e. The monoisotopic (exact) mass is 436 g/mol. The second-order valence-corrected chi connectivity index (χ2v) is 8.09. The maximum absolute atomic E-state index is 13.0. The normalized spacial score (nSPS) is 16.5. The molecule has 0 spiro atoms. The molecule has 0 saturated carbocycles. The summed E-state index contributed by atoms with van der Waals surface area (Å²) >= 11 is 5.97. The maximum atomic E-state index is 13.0. The van der Waals surface area contributed by atoms with Crippen LogP contribution in [0.3, 0.4) is 0 Å². The van der Waals surface area contributed by atoms with Crippen LogP contribution in [0.2, 0.25) is 5.02 Å². The van der Waals surface area contributed by atoms with Crippen molar-refractivity contribution in [1.82, 2.24) is 19.4 Å². The molecule has 0 aliphatic carbocycles. The minimum Gasteiger partial charge on any atom is -0.494 e. The minimum absolute atomic E-state index is 0.143. The predicted octanol–water partition coefficient (Wildman–Crippen LogP) is 3.33. The number of para-hydroxylation sites is 1. The highest BCUT2D eigenvalue weighted by molar-refractivity contribution is 6.30. The third-order valence-corrected chi connectivity index (χ3v) is 6.27. The molecule has 0 saturated heterocycles. The highest BCUT2D eigenvalue weighted by atomic mass is 35.5. The molecule has 0 radical (unpaired) electrons. The van der Waals surface area contributed by atoms with Gasteiger partial charge in [0.1, 0.15) is 5.56 Å². The number of benzene rings is 2. The van der Waals surface area contributed by atoms with Gasteiger partial charge in [-0.1, -0.05) is 36.7 Å². The van der Waals surface area contributed by atoms with Gasteiger partial charge in [0.2, 0.25) is 5.88 Å². The average Bonchev–Trinajstić information content (AvgIpc) is 3.14. The van der Waals surface area contributed by atoms with Gasteiger partial charge in [0.05, 0.1) is 11.7 Å². The summed E-state index contributed by atoms with van der Waals surface area (Å²) in [6, 6.07) is 14.0. The summed E-state index contributed by atoms with van der Waals surface area (Å²) in [5.74, 6) is -0.369. The Bertz CT molecular complexity index is 1400. The molecule has 0 bridgehead atoms. The third-order valence-electron chi connectivity index (χ3n) is 6.02. The summed E-state index contributed by atoms with van der Waals surface area (Å²) in [6.45, 7) is 3.43. The number of aromatic amines is 2. The number of H-pyrrole nitrogens is 2. The lowest BCUT2D eigenvalue weighted by molar-refractivity contribution is 0.215. The van der Waals surface area contributed by atoms with Crippen molar-refractivity contribution in [3.63, 3.8) is 0 Å². The number of hydrogen-bond donors (Lipinski definition) is 3. The Morgan fingerprint density at radius 2 is 1.84 bits per heavy atom. The van der Waals surface area contributed by atoms with Crippen LogP contribution in [-0.4, -0.2) is 37.6 Å². The van der Waals surface area contributed by atoms with E-state index in [0.717, 1.165) is 39.7 Å². The topological polar surface area (TPSA) is 94.1 Å². The summed E-state index contributed by atoms with van der Waals surface area (Å²) < 4.78 is 1.11. The molecule has 5 rings (SSSR count). The van der Waals surface area contributed by atoms with E-state index in [4.69, 9.17) is 11.6 Å². The van der Waals surface area contributed by atoms with Crippen LogP contribution in [0, 0.1) is 0 Å². The van der Waals surface area contributed by atoms with E-state index >= 15 is 0 Å². The Morgan fingerprint density at radius 1 is 1.10 bits per heavy atom. The van der Waals surface area contributed by atoms with Crippen LogP contribution >= 0.6 is 11.6 Å². The highest BCUT2D eigenvalue weighted by Gasteiger charge is 2.35. The van der Waals surface area contributed by atoms with Crippen molar-refractivity contribution in [2.75, 3.05) is 13.1 Å². The van der Waals surface area contributed by atoms with Gasteiger partial charge in [-0.2, -0.15) is 0 Å². The van der Waals surface area contributed by atoms with E-state index in [2.05, 4.69) is 20.9 Å². The molecule has 158 valence electrons. The first-order valence-corrected chi connectivity index (χ1v) is 10.5. The fraction of sp³-hybridized carbons (Fsp3) is 0.217. The van der Waals surface area contributed by atoms with Gasteiger partial charge >= 0.3 is 5.69 Å². The first-order valence-electron chi connectivity index (χ1n) is 10.2. The fourth-order valence-corrected chi connectivity index (χ4v) is 4.70. The lowest BCUT2D eigenvalue weighted by Crippen LogP contribution is -2.41. The van der Waals surface area contributed by atoms with Crippen LogP contribution in [0.15, 0.2) is 58.1 Å². The van der Waals surface area contributed by atoms with Gasteiger partial charge < -0.3 is 10.1 Å². The average molecular weight is 437 g/mol. The Balaban J connectivity index is 1.78. The van der Waals surface area contributed by atoms with E-state index in [-0.39, 0.29) is 11.4 Å². The van der Waals surface area contributed by atoms with E-state index in [1.165, 1.54) is 0 Å². The molecule has 0 amide bonds. The number of hydrogen-bond acceptors (Lipinski definition) is 4. The van der Waals surface area contributed by atoms with Gasteiger partial charge in [0, 0.05) is 28.2 Å². The molecular formula is C23H21ClN4O3. The standard InChI is InChI=1S/C23H21ClN4O3/c1-2-27-12-11-16-15-5-3-4-6-17(15)25-19(16)20(27)18-21(29)26-23(31)28(22(18)30)14-9-7-13(24)8-10-14/h3-10,20,25,30H,2,11-12H2,1H3,(H,26,29,31)/t20-/m0/s1. The number of fused-ring (bicyclic) bond motifs is 3. The molecule has 3 heterocycles. The van der Waals surface area contributed by atoms with Crippen LogP contribution < -0.4 is 11.2 Å². The zero-order valence-corrected chi connectivity index (χ0v) is 17.6. The molecule has 1 aliphatic rings. The molecule has 3 N–H and O–H groups in total. The molecular weight excluding hydrogens is 416 g/mol. The van der Waals surface area contributed by atoms with E-state index in [1.54, 1.807) is 24.3 Å². The Hall–Kier alpha value is -3.29. The zero-order valence-electron chi connectivity index (χ0n) is 16.9. The molecule has 0 fully saturated rings. The summed E-state index contributed by atoms with van der Waals surface area (Å²) in [6.07, 6.45) is 0.833. The summed E-state index contributed by atoms with van der Waals surface area (Å²) in [5.41, 5.74) is 2.25. The quantitative estimate of drug-likeness (QED) is 0.459. The van der Waals surface area contributed by atoms with Crippen molar-refractivity contribution in [2.24, 2.45) is 0 Å². The lowest BCUT2D eigenvalue weighted by Gasteiger charge is -2.35. The molecule has 2 aromatic carbocycles. The Kier molecular flexibility index (Phi) is 4.72. The minimum atomic E-state index is -0.704. The van der Waals surface area contributed by atoms with Gasteiger partial charge in [-0.3, -0.25) is 14.7 Å². The van der Waals surface area contributed by atoms with Crippen LogP contribution in [0.5, 0.6) is 5.88 Å². The molecule has 0 unspecified atom stereocenters. The van der Waals surface area contributed by atoms with Crippen molar-refractivity contribution in [1.29, 1.82) is 0 Å². The zero-order chi connectivity index (χ0) is 21.7. The summed E-state index contributed by atoms with van der Waals surface area (Å²) in [4.78, 5) is 33.6. The van der Waals surface area contributed by atoms with Crippen molar-refractivity contribution in [2.45, 2.75) is 19.4 Å². The van der Waals surface area contributed by atoms with Crippen molar-refractivity contribution in [3.8, 4) is 11.6 Å². The predicted molar refractivity (Wildman–Crippen MR) is 120 cm³/mol. The summed E-state index contributed by atoms with van der Waals surface area (Å²) in [7, 11) is 0. The van der Waals surface area contributed by atoms with E-state index in [0.29, 0.717) is 17.3 Å². The van der Waals surface area contributed by atoms with Crippen molar-refractivity contribution < 1.29 is 5.11 Å². The van der Waals surface area contributed by atoms with Gasteiger partial charge in [-0.15, -0.1) is 0 Å². The molecule has 7 nitrogen and oxygen atoms in total. The van der Waals surface area contributed by atoms with E-state index in [9.17, 15) is 14.7 Å². The number of halogens is 1. The number of rotatable bonds is 3. The second kappa shape index (κ2) is 7.44. The maximum Gasteiger partial charge on any atom is 0.335 e. The Labute approximate surface area is 182 Å². The van der Waals surface area contributed by atoms with Gasteiger partial charge in [-0.05, 0) is 48.9 Å². The molecule has 2 aromatic heterocycles. The second-order valence-electron chi connectivity index (χ2n) is 7.65. The molecule has 1 atom stereocenters. The number of aromatic hydroxyl groups is 1. The molecule has 4 aromatic rings. The SMILES string of the molecule is CCN1CCc2c([nH]c3ccccc23)[C@@H]1c1c(O)n(-c2ccc(Cl)cc2)c(=O)[nH]c1=O. The van der Waals surface area contributed by atoms with Gasteiger partial charge in [0.15, 0.2) is 0 Å². The lowest BCUT2D eigenvalue weighted by atomic mass is 9.93. The first-order chi connectivity index (χ1) is 15.0. The first kappa shape index (κ1) is 19.7. The van der Waals surface area contributed by atoms with E-state index < -0.39 is 17.3 Å².